The Labute approximate surface area is 129 Å². The molecule has 0 radical (unpaired) electrons. The fraction of sp³-hybridized carbons (Fsp3) is 0.625. The summed E-state index contributed by atoms with van der Waals surface area (Å²) in [7, 11) is 2.03. The summed E-state index contributed by atoms with van der Waals surface area (Å²) >= 11 is 2.26. The van der Waals surface area contributed by atoms with E-state index in [4.69, 9.17) is 0 Å². The summed E-state index contributed by atoms with van der Waals surface area (Å²) < 4.78 is 14.3. The minimum atomic E-state index is -0.140. The first-order valence-electron chi connectivity index (χ1n) is 7.29. The lowest BCUT2D eigenvalue weighted by Crippen LogP contribution is -2.33. The highest BCUT2D eigenvalue weighted by Gasteiger charge is 2.31. The third-order valence-corrected chi connectivity index (χ3v) is 5.46. The van der Waals surface area contributed by atoms with Gasteiger partial charge in [0.25, 0.3) is 0 Å². The van der Waals surface area contributed by atoms with Gasteiger partial charge in [0.05, 0.1) is 0 Å². The molecule has 1 aliphatic rings. The minimum absolute atomic E-state index is 0.140. The first-order chi connectivity index (χ1) is 9.17. The van der Waals surface area contributed by atoms with Crippen molar-refractivity contribution in [2.45, 2.75) is 45.1 Å². The predicted octanol–water partition coefficient (Wildman–Crippen LogP) is 4.91. The molecule has 1 aromatic carbocycles. The number of rotatable bonds is 4. The molecule has 0 heterocycles. The second kappa shape index (κ2) is 7.02. The van der Waals surface area contributed by atoms with E-state index in [1.165, 1.54) is 37.7 Å². The average Bonchev–Trinajstić information content (AvgIpc) is 2.42. The van der Waals surface area contributed by atoms with Crippen molar-refractivity contribution < 1.29 is 4.39 Å². The van der Waals surface area contributed by atoms with Crippen LogP contribution in [0.15, 0.2) is 18.2 Å². The highest BCUT2D eigenvalue weighted by atomic mass is 127. The van der Waals surface area contributed by atoms with E-state index in [9.17, 15) is 4.39 Å². The minimum Gasteiger partial charge on any atom is -0.313 e. The molecule has 1 aromatic rings. The molecular weight excluding hydrogens is 352 g/mol. The Morgan fingerprint density at radius 3 is 2.74 bits per heavy atom. The molecule has 0 amide bonds. The zero-order chi connectivity index (χ0) is 13.8. The van der Waals surface area contributed by atoms with Crippen molar-refractivity contribution in [1.29, 1.82) is 0 Å². The first kappa shape index (κ1) is 15.2. The Balaban J connectivity index is 2.27. The normalized spacial score (nSPS) is 25.3. The van der Waals surface area contributed by atoms with Gasteiger partial charge in [0, 0.05) is 9.61 Å². The molecule has 19 heavy (non-hydrogen) atoms. The lowest BCUT2D eigenvalue weighted by molar-refractivity contribution is 0.180. The van der Waals surface area contributed by atoms with Crippen LogP contribution in [0.1, 0.15) is 50.6 Å². The Kier molecular flexibility index (Phi) is 5.63. The van der Waals surface area contributed by atoms with Gasteiger partial charge in [-0.15, -0.1) is 0 Å². The number of nitrogens with one attached hydrogen (secondary N) is 1. The van der Waals surface area contributed by atoms with Crippen molar-refractivity contribution in [3.63, 3.8) is 0 Å². The molecule has 1 fully saturated rings. The third-order valence-electron chi connectivity index (χ3n) is 4.53. The number of hydrogen-bond donors (Lipinski definition) is 1. The van der Waals surface area contributed by atoms with E-state index in [0.29, 0.717) is 12.0 Å². The lowest BCUT2D eigenvalue weighted by Gasteiger charge is -2.37. The van der Waals surface area contributed by atoms with Gasteiger partial charge in [-0.3, -0.25) is 0 Å². The number of halogens is 2. The summed E-state index contributed by atoms with van der Waals surface area (Å²) in [5.74, 6) is 1.34. The van der Waals surface area contributed by atoms with Gasteiger partial charge in [0.2, 0.25) is 0 Å². The number of hydrogen-bond acceptors (Lipinski definition) is 1. The molecular formula is C16H23FIN. The number of benzene rings is 1. The molecule has 0 bridgehead atoms. The summed E-state index contributed by atoms with van der Waals surface area (Å²) in [5, 5.41) is 3.49. The van der Waals surface area contributed by atoms with Gasteiger partial charge in [-0.05, 0) is 65.6 Å². The van der Waals surface area contributed by atoms with Gasteiger partial charge in [0.1, 0.15) is 5.82 Å². The Morgan fingerprint density at radius 2 is 2.11 bits per heavy atom. The average molecular weight is 375 g/mol. The molecule has 106 valence electrons. The van der Waals surface area contributed by atoms with Crippen molar-refractivity contribution in [3.05, 3.63) is 33.1 Å². The first-order valence-corrected chi connectivity index (χ1v) is 8.37. The third kappa shape index (κ3) is 3.48. The van der Waals surface area contributed by atoms with Crippen LogP contribution in [0, 0.1) is 21.2 Å². The SMILES string of the molecule is CCC1CCCCC1C(NC)c1ccc(F)cc1I. The van der Waals surface area contributed by atoms with E-state index in [2.05, 4.69) is 34.8 Å². The van der Waals surface area contributed by atoms with Crippen LogP contribution in [0.4, 0.5) is 4.39 Å². The molecule has 0 aliphatic heterocycles. The lowest BCUT2D eigenvalue weighted by atomic mass is 9.72. The maximum Gasteiger partial charge on any atom is 0.124 e. The second-order valence-corrected chi connectivity index (χ2v) is 6.71. The Hall–Kier alpha value is -0.160. The van der Waals surface area contributed by atoms with Crippen molar-refractivity contribution in [1.82, 2.24) is 5.32 Å². The molecule has 3 atom stereocenters. The van der Waals surface area contributed by atoms with Crippen LogP contribution < -0.4 is 5.32 Å². The van der Waals surface area contributed by atoms with Crippen LogP contribution in [0.25, 0.3) is 0 Å². The summed E-state index contributed by atoms with van der Waals surface area (Å²) in [6.07, 6.45) is 6.58. The van der Waals surface area contributed by atoms with Gasteiger partial charge >= 0.3 is 0 Å². The van der Waals surface area contributed by atoms with Gasteiger partial charge in [-0.25, -0.2) is 4.39 Å². The fourth-order valence-corrected chi connectivity index (χ4v) is 4.35. The zero-order valence-corrected chi connectivity index (χ0v) is 13.9. The molecule has 0 saturated heterocycles. The quantitative estimate of drug-likeness (QED) is 0.738. The summed E-state index contributed by atoms with van der Waals surface area (Å²) in [4.78, 5) is 0. The molecule has 3 heteroatoms. The van der Waals surface area contributed by atoms with Crippen LogP contribution >= 0.6 is 22.6 Å². The molecule has 2 rings (SSSR count). The van der Waals surface area contributed by atoms with E-state index < -0.39 is 0 Å². The maximum atomic E-state index is 13.3. The monoisotopic (exact) mass is 375 g/mol. The van der Waals surface area contributed by atoms with Crippen molar-refractivity contribution in [2.24, 2.45) is 11.8 Å². The van der Waals surface area contributed by atoms with Gasteiger partial charge < -0.3 is 5.32 Å². The largest absolute Gasteiger partial charge is 0.313 e. The predicted molar refractivity (Wildman–Crippen MR) is 86.7 cm³/mol. The molecule has 1 saturated carbocycles. The van der Waals surface area contributed by atoms with Crippen LogP contribution in [0.3, 0.4) is 0 Å². The summed E-state index contributed by atoms with van der Waals surface area (Å²) in [5.41, 5.74) is 1.26. The molecule has 3 unspecified atom stereocenters. The van der Waals surface area contributed by atoms with Crippen molar-refractivity contribution in [2.75, 3.05) is 7.05 Å². The molecule has 1 aliphatic carbocycles. The van der Waals surface area contributed by atoms with E-state index >= 15 is 0 Å². The van der Waals surface area contributed by atoms with Crippen molar-refractivity contribution in [3.8, 4) is 0 Å². The van der Waals surface area contributed by atoms with E-state index in [1.54, 1.807) is 12.1 Å². The summed E-state index contributed by atoms with van der Waals surface area (Å²) in [6.45, 7) is 2.30. The van der Waals surface area contributed by atoms with Crippen LogP contribution in [-0.4, -0.2) is 7.05 Å². The highest BCUT2D eigenvalue weighted by Crippen LogP contribution is 2.41. The topological polar surface area (TPSA) is 12.0 Å². The van der Waals surface area contributed by atoms with Crippen LogP contribution in [0.2, 0.25) is 0 Å². The van der Waals surface area contributed by atoms with E-state index in [-0.39, 0.29) is 5.82 Å². The molecule has 1 N–H and O–H groups in total. The van der Waals surface area contributed by atoms with Crippen LogP contribution in [0.5, 0.6) is 0 Å². The molecule has 0 spiro atoms. The fourth-order valence-electron chi connectivity index (χ4n) is 3.54. The Bertz CT molecular complexity index is 421. The standard InChI is InChI=1S/C16H23FIN/c1-3-11-6-4-5-7-13(11)16(19-2)14-9-8-12(17)10-15(14)18/h8-11,13,16,19H,3-7H2,1-2H3. The van der Waals surface area contributed by atoms with E-state index in [0.717, 1.165) is 9.49 Å². The van der Waals surface area contributed by atoms with E-state index in [1.807, 2.05) is 13.1 Å². The highest BCUT2D eigenvalue weighted by molar-refractivity contribution is 14.1. The second-order valence-electron chi connectivity index (χ2n) is 5.55. The zero-order valence-electron chi connectivity index (χ0n) is 11.8. The molecule has 0 aromatic heterocycles. The van der Waals surface area contributed by atoms with Crippen molar-refractivity contribution >= 4 is 22.6 Å². The maximum absolute atomic E-state index is 13.3. The Morgan fingerprint density at radius 1 is 1.37 bits per heavy atom. The van der Waals surface area contributed by atoms with Crippen LogP contribution in [-0.2, 0) is 0 Å². The van der Waals surface area contributed by atoms with Gasteiger partial charge in [-0.2, -0.15) is 0 Å². The summed E-state index contributed by atoms with van der Waals surface area (Å²) in [6, 6.07) is 5.55. The van der Waals surface area contributed by atoms with Gasteiger partial charge in [0.15, 0.2) is 0 Å². The molecule has 1 nitrogen and oxygen atoms in total. The van der Waals surface area contributed by atoms with Gasteiger partial charge in [-0.1, -0.05) is 38.7 Å². The smallest absolute Gasteiger partial charge is 0.124 e.